The third-order valence-corrected chi connectivity index (χ3v) is 4.66. The SMILES string of the molecule is COc1ccc(N2CC(C(=O)NC(C)C(=O)NC(C)C(=O)O)CC2=O)cc1OC. The van der Waals surface area contributed by atoms with E-state index in [0.29, 0.717) is 17.2 Å². The van der Waals surface area contributed by atoms with Crippen LogP contribution >= 0.6 is 0 Å². The summed E-state index contributed by atoms with van der Waals surface area (Å²) in [5.41, 5.74) is 0.573. The van der Waals surface area contributed by atoms with Crippen molar-refractivity contribution in [3.8, 4) is 11.5 Å². The van der Waals surface area contributed by atoms with E-state index in [2.05, 4.69) is 10.6 Å². The molecule has 3 atom stereocenters. The van der Waals surface area contributed by atoms with Crippen molar-refractivity contribution >= 4 is 29.4 Å². The lowest BCUT2D eigenvalue weighted by Gasteiger charge is -2.20. The summed E-state index contributed by atoms with van der Waals surface area (Å²) in [4.78, 5) is 49.2. The van der Waals surface area contributed by atoms with E-state index in [9.17, 15) is 19.2 Å². The molecule has 1 fully saturated rings. The van der Waals surface area contributed by atoms with Crippen LogP contribution in [0.15, 0.2) is 18.2 Å². The van der Waals surface area contributed by atoms with Crippen LogP contribution in [0.5, 0.6) is 11.5 Å². The summed E-state index contributed by atoms with van der Waals surface area (Å²) in [5.74, 6) is -2.13. The van der Waals surface area contributed by atoms with E-state index in [1.54, 1.807) is 18.2 Å². The number of aliphatic carboxylic acids is 1. The lowest BCUT2D eigenvalue weighted by atomic mass is 10.1. The average molecular weight is 407 g/mol. The number of amides is 3. The Balaban J connectivity index is 2.01. The number of hydrogen-bond donors (Lipinski definition) is 3. The molecule has 0 aromatic heterocycles. The number of anilines is 1. The van der Waals surface area contributed by atoms with Crippen molar-refractivity contribution in [2.45, 2.75) is 32.4 Å². The number of rotatable bonds is 8. The second-order valence-corrected chi connectivity index (χ2v) is 6.74. The van der Waals surface area contributed by atoms with E-state index >= 15 is 0 Å². The van der Waals surface area contributed by atoms with Gasteiger partial charge in [0, 0.05) is 24.7 Å². The van der Waals surface area contributed by atoms with E-state index in [4.69, 9.17) is 14.6 Å². The molecule has 0 radical (unpaired) electrons. The van der Waals surface area contributed by atoms with Crippen molar-refractivity contribution in [3.63, 3.8) is 0 Å². The van der Waals surface area contributed by atoms with Gasteiger partial charge >= 0.3 is 5.97 Å². The van der Waals surface area contributed by atoms with E-state index in [0.717, 1.165) is 0 Å². The number of ether oxygens (including phenoxy) is 2. The van der Waals surface area contributed by atoms with Gasteiger partial charge in [0.1, 0.15) is 12.1 Å². The number of methoxy groups -OCH3 is 2. The van der Waals surface area contributed by atoms with Gasteiger partial charge in [-0.05, 0) is 26.0 Å². The van der Waals surface area contributed by atoms with Crippen molar-refractivity contribution in [2.24, 2.45) is 5.92 Å². The van der Waals surface area contributed by atoms with E-state index < -0.39 is 35.8 Å². The predicted molar refractivity (Wildman–Crippen MR) is 103 cm³/mol. The quantitative estimate of drug-likeness (QED) is 0.558. The van der Waals surface area contributed by atoms with Crippen LogP contribution in [0.3, 0.4) is 0 Å². The molecule has 10 nitrogen and oxygen atoms in total. The lowest BCUT2D eigenvalue weighted by Crippen LogP contribution is -2.50. The zero-order valence-electron chi connectivity index (χ0n) is 16.7. The summed E-state index contributed by atoms with van der Waals surface area (Å²) >= 11 is 0. The first-order chi connectivity index (χ1) is 13.7. The maximum atomic E-state index is 12.5. The van der Waals surface area contributed by atoms with Crippen molar-refractivity contribution in [2.75, 3.05) is 25.7 Å². The topological polar surface area (TPSA) is 134 Å². The molecule has 1 saturated heterocycles. The number of carbonyl (C=O) groups is 4. The third-order valence-electron chi connectivity index (χ3n) is 4.66. The molecule has 1 aromatic rings. The highest BCUT2D eigenvalue weighted by atomic mass is 16.5. The highest BCUT2D eigenvalue weighted by Crippen LogP contribution is 2.34. The molecule has 1 aliphatic rings. The average Bonchev–Trinajstić information content (AvgIpc) is 3.08. The number of carboxylic acids is 1. The summed E-state index contributed by atoms with van der Waals surface area (Å²) in [6.45, 7) is 2.93. The first kappa shape index (κ1) is 22.0. The van der Waals surface area contributed by atoms with Gasteiger partial charge in [-0.1, -0.05) is 0 Å². The third kappa shape index (κ3) is 5.15. The molecule has 1 aliphatic heterocycles. The molecule has 1 aromatic carbocycles. The highest BCUT2D eigenvalue weighted by Gasteiger charge is 2.36. The van der Waals surface area contributed by atoms with Crippen LogP contribution in [-0.4, -0.2) is 61.6 Å². The molecular formula is C19H25N3O7. The number of carboxylic acid groups (broad SMARTS) is 1. The maximum Gasteiger partial charge on any atom is 0.325 e. The van der Waals surface area contributed by atoms with Gasteiger partial charge in [0.15, 0.2) is 11.5 Å². The van der Waals surface area contributed by atoms with Gasteiger partial charge in [0.05, 0.1) is 20.1 Å². The molecule has 3 amide bonds. The Bertz CT molecular complexity index is 811. The van der Waals surface area contributed by atoms with Crippen LogP contribution in [0.4, 0.5) is 5.69 Å². The Hall–Kier alpha value is -3.30. The number of benzene rings is 1. The van der Waals surface area contributed by atoms with Gasteiger partial charge in [-0.15, -0.1) is 0 Å². The number of nitrogens with one attached hydrogen (secondary N) is 2. The largest absolute Gasteiger partial charge is 0.493 e. The Labute approximate surface area is 168 Å². The van der Waals surface area contributed by atoms with Crippen LogP contribution in [0.1, 0.15) is 20.3 Å². The molecule has 0 saturated carbocycles. The Morgan fingerprint density at radius 2 is 1.76 bits per heavy atom. The Kier molecular flexibility index (Phi) is 7.03. The van der Waals surface area contributed by atoms with Crippen LogP contribution < -0.4 is 25.0 Å². The summed E-state index contributed by atoms with van der Waals surface area (Å²) in [7, 11) is 2.99. The van der Waals surface area contributed by atoms with Gasteiger partial charge < -0.3 is 30.1 Å². The van der Waals surface area contributed by atoms with Gasteiger partial charge in [0.25, 0.3) is 0 Å². The van der Waals surface area contributed by atoms with Crippen LogP contribution in [0.25, 0.3) is 0 Å². The smallest absolute Gasteiger partial charge is 0.325 e. The number of hydrogen-bond acceptors (Lipinski definition) is 6. The number of carbonyl (C=O) groups excluding carboxylic acids is 3. The maximum absolute atomic E-state index is 12.5. The molecule has 0 aliphatic carbocycles. The summed E-state index contributed by atoms with van der Waals surface area (Å²) < 4.78 is 10.4. The van der Waals surface area contributed by atoms with Crippen molar-refractivity contribution in [3.05, 3.63) is 18.2 Å². The van der Waals surface area contributed by atoms with E-state index in [-0.39, 0.29) is 18.9 Å². The molecule has 0 bridgehead atoms. The Morgan fingerprint density at radius 1 is 1.10 bits per heavy atom. The van der Waals surface area contributed by atoms with Gasteiger partial charge in [-0.25, -0.2) is 0 Å². The molecule has 10 heteroatoms. The fourth-order valence-corrected chi connectivity index (χ4v) is 2.92. The van der Waals surface area contributed by atoms with Crippen LogP contribution in [0, 0.1) is 5.92 Å². The second kappa shape index (κ2) is 9.26. The first-order valence-corrected chi connectivity index (χ1v) is 9.03. The van der Waals surface area contributed by atoms with Gasteiger partial charge in [-0.3, -0.25) is 19.2 Å². The second-order valence-electron chi connectivity index (χ2n) is 6.74. The van der Waals surface area contributed by atoms with Crippen LogP contribution in [-0.2, 0) is 19.2 Å². The lowest BCUT2D eigenvalue weighted by molar-refractivity contribution is -0.141. The standard InChI is InChI=1S/C19H25N3O7/c1-10(17(24)21-11(2)19(26)27)20-18(25)12-7-16(23)22(9-12)13-5-6-14(28-3)15(8-13)29-4/h5-6,8,10-12H,7,9H2,1-4H3,(H,20,25)(H,21,24)(H,26,27). The monoisotopic (exact) mass is 407 g/mol. The molecule has 1 heterocycles. The van der Waals surface area contributed by atoms with Gasteiger partial charge in [0.2, 0.25) is 17.7 Å². The summed E-state index contributed by atoms with van der Waals surface area (Å²) in [6, 6.07) is 3.01. The molecule has 29 heavy (non-hydrogen) atoms. The minimum absolute atomic E-state index is 0.0000454. The fourth-order valence-electron chi connectivity index (χ4n) is 2.92. The minimum Gasteiger partial charge on any atom is -0.493 e. The molecule has 0 spiro atoms. The fraction of sp³-hybridized carbons (Fsp3) is 0.474. The van der Waals surface area contributed by atoms with Crippen LogP contribution in [0.2, 0.25) is 0 Å². The van der Waals surface area contributed by atoms with Crippen molar-refractivity contribution in [1.82, 2.24) is 10.6 Å². The molecule has 2 rings (SSSR count). The van der Waals surface area contributed by atoms with Gasteiger partial charge in [-0.2, -0.15) is 0 Å². The Morgan fingerprint density at radius 3 is 2.34 bits per heavy atom. The first-order valence-electron chi connectivity index (χ1n) is 9.03. The summed E-state index contributed by atoms with van der Waals surface area (Å²) in [6.07, 6.45) is 0.0000454. The van der Waals surface area contributed by atoms with Crippen molar-refractivity contribution in [1.29, 1.82) is 0 Å². The molecule has 3 unspecified atom stereocenters. The molecular weight excluding hydrogens is 382 g/mol. The van der Waals surface area contributed by atoms with Crippen molar-refractivity contribution < 1.29 is 33.8 Å². The minimum atomic E-state index is -1.18. The molecule has 158 valence electrons. The summed E-state index contributed by atoms with van der Waals surface area (Å²) in [5, 5.41) is 13.7. The molecule has 3 N–H and O–H groups in total. The predicted octanol–water partition coefficient (Wildman–Crippen LogP) is 0.151. The highest BCUT2D eigenvalue weighted by molar-refractivity contribution is 6.01. The normalized spacial score (nSPS) is 18.0. The van der Waals surface area contributed by atoms with E-state index in [1.165, 1.54) is 33.0 Å². The zero-order valence-corrected chi connectivity index (χ0v) is 16.7. The number of nitrogens with zero attached hydrogens (tertiary/aromatic N) is 1. The van der Waals surface area contributed by atoms with E-state index in [1.807, 2.05) is 0 Å². The zero-order chi connectivity index (χ0) is 21.7.